The Balaban J connectivity index is 1.88. The van der Waals surface area contributed by atoms with Gasteiger partial charge in [0.25, 0.3) is 0 Å². The van der Waals surface area contributed by atoms with Gasteiger partial charge in [-0.25, -0.2) is 0 Å². The summed E-state index contributed by atoms with van der Waals surface area (Å²) in [6, 6.07) is 1.84. The Kier molecular flexibility index (Phi) is 3.27. The maximum atomic E-state index is 9.51. The Hall–Kier alpha value is -1.79. The van der Waals surface area contributed by atoms with Gasteiger partial charge in [0, 0.05) is 24.5 Å². The Labute approximate surface area is 110 Å². The number of β-amino-alcohol motifs (C(OH)–C–C–N with tert-alkyl or cyclic N) is 1. The summed E-state index contributed by atoms with van der Waals surface area (Å²) in [5.74, 6) is 1.11. The van der Waals surface area contributed by atoms with Crippen LogP contribution in [0.5, 0.6) is 0 Å². The van der Waals surface area contributed by atoms with Crippen LogP contribution in [-0.4, -0.2) is 32.9 Å². The quantitative estimate of drug-likeness (QED) is 0.859. The fourth-order valence-corrected chi connectivity index (χ4v) is 2.32. The Morgan fingerprint density at radius 1 is 1.53 bits per heavy atom. The molecule has 2 N–H and O–H groups in total. The minimum absolute atomic E-state index is 0.0526. The molecule has 1 saturated heterocycles. The summed E-state index contributed by atoms with van der Waals surface area (Å²) in [4.78, 5) is 8.53. The second-order valence-electron chi connectivity index (χ2n) is 4.69. The number of aliphatic hydroxyl groups excluding tert-OH is 1. The number of rotatable bonds is 3. The molecule has 0 aliphatic carbocycles. The van der Waals surface area contributed by atoms with Crippen molar-refractivity contribution in [3.8, 4) is 11.4 Å². The molecular formula is C13H16N4O2. The first-order chi connectivity index (χ1) is 9.28. The zero-order valence-corrected chi connectivity index (χ0v) is 10.7. The van der Waals surface area contributed by atoms with Gasteiger partial charge in [-0.05, 0) is 24.5 Å². The molecule has 1 aliphatic rings. The van der Waals surface area contributed by atoms with E-state index in [9.17, 15) is 5.11 Å². The van der Waals surface area contributed by atoms with E-state index in [2.05, 4.69) is 27.4 Å². The van der Waals surface area contributed by atoms with E-state index in [-0.39, 0.29) is 12.1 Å². The van der Waals surface area contributed by atoms with Crippen molar-refractivity contribution in [2.24, 2.45) is 0 Å². The zero-order chi connectivity index (χ0) is 13.2. The summed E-state index contributed by atoms with van der Waals surface area (Å²) in [5.41, 5.74) is 2.04. The number of aromatic nitrogens is 3. The molecule has 1 fully saturated rings. The predicted octanol–water partition coefficient (Wildman–Crippen LogP) is 1.09. The van der Waals surface area contributed by atoms with Gasteiger partial charge in [0.2, 0.25) is 11.7 Å². The van der Waals surface area contributed by atoms with Crippen LogP contribution in [0.25, 0.3) is 11.4 Å². The van der Waals surface area contributed by atoms with Crippen LogP contribution in [0, 0.1) is 0 Å². The summed E-state index contributed by atoms with van der Waals surface area (Å²) in [5, 5.41) is 16.7. The van der Waals surface area contributed by atoms with Crippen molar-refractivity contribution < 1.29 is 9.63 Å². The molecule has 0 unspecified atom stereocenters. The van der Waals surface area contributed by atoms with Crippen molar-refractivity contribution >= 4 is 0 Å². The average Bonchev–Trinajstić information content (AvgIpc) is 3.07. The molecule has 1 aliphatic heterocycles. The molecule has 0 aromatic carbocycles. The second kappa shape index (κ2) is 5.07. The smallest absolute Gasteiger partial charge is 0.244 e. The first kappa shape index (κ1) is 12.3. The van der Waals surface area contributed by atoms with Crippen LogP contribution in [0.3, 0.4) is 0 Å². The van der Waals surface area contributed by atoms with Gasteiger partial charge in [-0.1, -0.05) is 12.1 Å². The molecule has 6 nitrogen and oxygen atoms in total. The fraction of sp³-hybridized carbons (Fsp3) is 0.462. The van der Waals surface area contributed by atoms with Gasteiger partial charge in [-0.2, -0.15) is 4.98 Å². The summed E-state index contributed by atoms with van der Waals surface area (Å²) >= 11 is 0. The Morgan fingerprint density at radius 2 is 2.42 bits per heavy atom. The lowest BCUT2D eigenvalue weighted by Gasteiger charge is -2.02. The van der Waals surface area contributed by atoms with Crippen LogP contribution < -0.4 is 5.32 Å². The van der Waals surface area contributed by atoms with Gasteiger partial charge in [0.05, 0.1) is 12.1 Å². The summed E-state index contributed by atoms with van der Waals surface area (Å²) in [7, 11) is 0. The molecule has 0 amide bonds. The first-order valence-electron chi connectivity index (χ1n) is 6.46. The minimum Gasteiger partial charge on any atom is -0.392 e. The molecule has 0 spiro atoms. The largest absolute Gasteiger partial charge is 0.392 e. The minimum atomic E-state index is -0.340. The summed E-state index contributed by atoms with van der Waals surface area (Å²) in [6.07, 6.45) is 4.68. The van der Waals surface area contributed by atoms with Gasteiger partial charge in [0.1, 0.15) is 0 Å². The van der Waals surface area contributed by atoms with E-state index in [1.165, 1.54) is 0 Å². The fourth-order valence-electron chi connectivity index (χ4n) is 2.32. The molecule has 3 heterocycles. The van der Waals surface area contributed by atoms with Crippen molar-refractivity contribution in [3.05, 3.63) is 29.9 Å². The van der Waals surface area contributed by atoms with Crippen molar-refractivity contribution in [3.63, 3.8) is 0 Å². The van der Waals surface area contributed by atoms with E-state index >= 15 is 0 Å². The van der Waals surface area contributed by atoms with Crippen LogP contribution in [-0.2, 0) is 6.42 Å². The number of hydrogen-bond donors (Lipinski definition) is 2. The van der Waals surface area contributed by atoms with E-state index in [1.807, 2.05) is 12.3 Å². The summed E-state index contributed by atoms with van der Waals surface area (Å²) < 4.78 is 5.30. The molecule has 19 heavy (non-hydrogen) atoms. The molecule has 0 radical (unpaired) electrons. The van der Waals surface area contributed by atoms with Crippen LogP contribution in [0.4, 0.5) is 0 Å². The number of hydrogen-bond acceptors (Lipinski definition) is 6. The highest BCUT2D eigenvalue weighted by molar-refractivity contribution is 5.58. The SMILES string of the molecule is CCc1cnccc1-c1noc([C@H]2C[C@H](O)CN2)n1. The number of nitrogens with zero attached hydrogens (tertiary/aromatic N) is 3. The van der Waals surface area contributed by atoms with Crippen molar-refractivity contribution in [1.82, 2.24) is 20.4 Å². The predicted molar refractivity (Wildman–Crippen MR) is 68.3 cm³/mol. The lowest BCUT2D eigenvalue weighted by molar-refractivity contribution is 0.191. The molecule has 2 atom stereocenters. The Bertz CT molecular complexity index is 569. The van der Waals surface area contributed by atoms with E-state index in [1.54, 1.807) is 6.20 Å². The number of nitrogens with one attached hydrogen (secondary N) is 1. The van der Waals surface area contributed by atoms with E-state index in [0.29, 0.717) is 24.7 Å². The molecule has 6 heteroatoms. The highest BCUT2D eigenvalue weighted by Gasteiger charge is 2.28. The lowest BCUT2D eigenvalue weighted by atomic mass is 10.1. The van der Waals surface area contributed by atoms with E-state index < -0.39 is 0 Å². The number of pyridine rings is 1. The van der Waals surface area contributed by atoms with Crippen molar-refractivity contribution in [2.45, 2.75) is 31.9 Å². The lowest BCUT2D eigenvalue weighted by Crippen LogP contribution is -2.15. The van der Waals surface area contributed by atoms with Crippen LogP contribution in [0.2, 0.25) is 0 Å². The van der Waals surface area contributed by atoms with Crippen LogP contribution >= 0.6 is 0 Å². The van der Waals surface area contributed by atoms with Gasteiger partial charge in [-0.3, -0.25) is 4.98 Å². The van der Waals surface area contributed by atoms with Gasteiger partial charge in [0.15, 0.2) is 0 Å². The van der Waals surface area contributed by atoms with Gasteiger partial charge >= 0.3 is 0 Å². The summed E-state index contributed by atoms with van der Waals surface area (Å²) in [6.45, 7) is 2.63. The van der Waals surface area contributed by atoms with Crippen LogP contribution in [0.15, 0.2) is 23.0 Å². The third-order valence-electron chi connectivity index (χ3n) is 3.37. The number of aliphatic hydroxyl groups is 1. The van der Waals surface area contributed by atoms with E-state index in [0.717, 1.165) is 17.5 Å². The second-order valence-corrected chi connectivity index (χ2v) is 4.69. The monoisotopic (exact) mass is 260 g/mol. The Morgan fingerprint density at radius 3 is 3.16 bits per heavy atom. The highest BCUT2D eigenvalue weighted by atomic mass is 16.5. The molecule has 0 saturated carbocycles. The standard InChI is InChI=1S/C13H16N4O2/c1-2-8-6-14-4-3-10(8)12-16-13(19-17-12)11-5-9(18)7-15-11/h3-4,6,9,11,15,18H,2,5,7H2,1H3/t9-,11+/m0/s1. The van der Waals surface area contributed by atoms with Gasteiger partial charge in [-0.15, -0.1) is 0 Å². The molecule has 3 rings (SSSR count). The maximum Gasteiger partial charge on any atom is 0.244 e. The maximum absolute atomic E-state index is 9.51. The third-order valence-corrected chi connectivity index (χ3v) is 3.37. The normalized spacial score (nSPS) is 22.8. The van der Waals surface area contributed by atoms with Crippen molar-refractivity contribution in [1.29, 1.82) is 0 Å². The first-order valence-corrected chi connectivity index (χ1v) is 6.46. The third kappa shape index (κ3) is 2.36. The highest BCUT2D eigenvalue weighted by Crippen LogP contribution is 2.26. The molecule has 0 bridgehead atoms. The molecule has 100 valence electrons. The van der Waals surface area contributed by atoms with Crippen molar-refractivity contribution in [2.75, 3.05) is 6.54 Å². The zero-order valence-electron chi connectivity index (χ0n) is 10.7. The van der Waals surface area contributed by atoms with Crippen LogP contribution in [0.1, 0.15) is 30.8 Å². The molecule has 2 aromatic heterocycles. The topological polar surface area (TPSA) is 84.1 Å². The number of aryl methyl sites for hydroxylation is 1. The van der Waals surface area contributed by atoms with Gasteiger partial charge < -0.3 is 14.9 Å². The molecular weight excluding hydrogens is 244 g/mol. The molecule has 2 aromatic rings. The average molecular weight is 260 g/mol. The van der Waals surface area contributed by atoms with E-state index in [4.69, 9.17) is 4.52 Å².